The molecule has 30 heavy (non-hydrogen) atoms. The van der Waals surface area contributed by atoms with Crippen LogP contribution < -0.4 is 4.80 Å². The van der Waals surface area contributed by atoms with Gasteiger partial charge in [-0.05, 0) is 36.8 Å². The summed E-state index contributed by atoms with van der Waals surface area (Å²) in [5.74, 6) is 0.521. The van der Waals surface area contributed by atoms with Gasteiger partial charge in [0.1, 0.15) is 12.4 Å². The number of halogens is 1. The Balaban J connectivity index is 1.67. The van der Waals surface area contributed by atoms with Crippen molar-refractivity contribution in [3.63, 3.8) is 0 Å². The summed E-state index contributed by atoms with van der Waals surface area (Å²) in [5.41, 5.74) is 1.52. The Labute approximate surface area is 182 Å². The van der Waals surface area contributed by atoms with Gasteiger partial charge in [-0.1, -0.05) is 47.7 Å². The van der Waals surface area contributed by atoms with Crippen molar-refractivity contribution >= 4 is 45.2 Å². The molecule has 0 aliphatic carbocycles. The van der Waals surface area contributed by atoms with Crippen LogP contribution in [-0.4, -0.2) is 28.8 Å². The van der Waals surface area contributed by atoms with Crippen LogP contribution in [0.15, 0.2) is 53.5 Å². The summed E-state index contributed by atoms with van der Waals surface area (Å²) in [6, 6.07) is 14.8. The lowest BCUT2D eigenvalue weighted by atomic mass is 10.2. The van der Waals surface area contributed by atoms with Crippen molar-refractivity contribution in [2.24, 2.45) is 4.99 Å². The Morgan fingerprint density at radius 1 is 1.17 bits per heavy atom. The van der Waals surface area contributed by atoms with E-state index in [9.17, 15) is 14.0 Å². The van der Waals surface area contributed by atoms with Gasteiger partial charge in [0, 0.05) is 12.2 Å². The predicted molar refractivity (Wildman–Crippen MR) is 119 cm³/mol. The van der Waals surface area contributed by atoms with Gasteiger partial charge >= 0.3 is 5.97 Å². The van der Waals surface area contributed by atoms with Gasteiger partial charge in [0.15, 0.2) is 4.80 Å². The third-order valence-corrected chi connectivity index (χ3v) is 6.41. The number of hydrogen-bond donors (Lipinski definition) is 0. The molecule has 0 spiro atoms. The quantitative estimate of drug-likeness (QED) is 0.358. The highest BCUT2D eigenvalue weighted by molar-refractivity contribution is 7.98. The summed E-state index contributed by atoms with van der Waals surface area (Å²) in [6.45, 7) is 1.75. The summed E-state index contributed by atoms with van der Waals surface area (Å²) >= 11 is 2.96. The first-order valence-corrected chi connectivity index (χ1v) is 11.7. The number of fused-ring (bicyclic) bond motifs is 1. The van der Waals surface area contributed by atoms with Crippen LogP contribution in [0.25, 0.3) is 10.2 Å². The van der Waals surface area contributed by atoms with E-state index in [1.807, 2.05) is 18.2 Å². The van der Waals surface area contributed by atoms with Crippen molar-refractivity contribution in [2.45, 2.75) is 32.1 Å². The molecule has 0 saturated heterocycles. The van der Waals surface area contributed by atoms with E-state index in [1.165, 1.54) is 27.5 Å². The van der Waals surface area contributed by atoms with Gasteiger partial charge in [-0.2, -0.15) is 16.8 Å². The molecule has 2 aromatic carbocycles. The molecule has 0 saturated carbocycles. The zero-order valence-electron chi connectivity index (χ0n) is 16.7. The van der Waals surface area contributed by atoms with E-state index in [0.29, 0.717) is 22.3 Å². The molecule has 0 atom stereocenters. The van der Waals surface area contributed by atoms with Crippen LogP contribution in [0.5, 0.6) is 0 Å². The fourth-order valence-electron chi connectivity index (χ4n) is 2.91. The minimum atomic E-state index is -0.494. The Kier molecular flexibility index (Phi) is 8.21. The average molecular weight is 447 g/mol. The summed E-state index contributed by atoms with van der Waals surface area (Å²) in [5, 5.41) is 0. The van der Waals surface area contributed by atoms with Crippen LogP contribution in [-0.2, 0) is 26.6 Å². The minimum Gasteiger partial charge on any atom is -0.465 e. The lowest BCUT2D eigenvalue weighted by molar-refractivity contribution is -0.143. The number of para-hydroxylation sites is 1. The van der Waals surface area contributed by atoms with E-state index < -0.39 is 11.8 Å². The van der Waals surface area contributed by atoms with Crippen molar-refractivity contribution in [3.05, 3.63) is 64.7 Å². The number of nitrogens with zero attached hydrogens (tertiary/aromatic N) is 2. The Morgan fingerprint density at radius 2 is 1.97 bits per heavy atom. The zero-order valence-corrected chi connectivity index (χ0v) is 18.3. The standard InChI is InChI=1S/C22H23FN2O3S2/c1-2-28-20(27)14-25-21-17(23)10-6-11-18(21)30-22(25)24-19(26)12-7-13-29-15-16-8-4-3-5-9-16/h3-6,8-11H,2,7,12-15H2,1H3. The highest BCUT2D eigenvalue weighted by Crippen LogP contribution is 2.20. The van der Waals surface area contributed by atoms with Crippen molar-refractivity contribution in [2.75, 3.05) is 12.4 Å². The van der Waals surface area contributed by atoms with Crippen molar-refractivity contribution < 1.29 is 18.7 Å². The fourth-order valence-corrected chi connectivity index (χ4v) is 4.89. The van der Waals surface area contributed by atoms with Gasteiger partial charge < -0.3 is 9.30 Å². The lowest BCUT2D eigenvalue weighted by Crippen LogP contribution is -2.23. The highest BCUT2D eigenvalue weighted by atomic mass is 32.2. The molecule has 1 aromatic heterocycles. The molecule has 0 fully saturated rings. The van der Waals surface area contributed by atoms with Gasteiger partial charge in [-0.25, -0.2) is 4.39 Å². The molecule has 158 valence electrons. The van der Waals surface area contributed by atoms with E-state index >= 15 is 0 Å². The third-order valence-electron chi connectivity index (χ3n) is 4.26. The van der Waals surface area contributed by atoms with Crippen LogP contribution in [0.3, 0.4) is 0 Å². The number of carbonyl (C=O) groups is 2. The number of esters is 1. The number of thioether (sulfide) groups is 1. The van der Waals surface area contributed by atoms with Crippen LogP contribution in [0.4, 0.5) is 4.39 Å². The normalized spacial score (nSPS) is 11.7. The van der Waals surface area contributed by atoms with Gasteiger partial charge in [0.2, 0.25) is 5.91 Å². The summed E-state index contributed by atoms with van der Waals surface area (Å²) in [7, 11) is 0. The fraction of sp³-hybridized carbons (Fsp3) is 0.318. The number of aromatic nitrogens is 1. The first kappa shape index (κ1) is 22.2. The first-order valence-electron chi connectivity index (χ1n) is 9.71. The average Bonchev–Trinajstić information content (AvgIpc) is 3.06. The number of amides is 1. The zero-order chi connectivity index (χ0) is 21.3. The second-order valence-corrected chi connectivity index (χ2v) is 8.62. The van der Waals surface area contributed by atoms with Crippen molar-refractivity contribution in [3.8, 4) is 0 Å². The lowest BCUT2D eigenvalue weighted by Gasteiger charge is -2.05. The van der Waals surface area contributed by atoms with Crippen LogP contribution in [0.2, 0.25) is 0 Å². The van der Waals surface area contributed by atoms with Crippen LogP contribution >= 0.6 is 23.1 Å². The smallest absolute Gasteiger partial charge is 0.326 e. The molecule has 8 heteroatoms. The summed E-state index contributed by atoms with van der Waals surface area (Å²) in [6.07, 6.45) is 1.01. The van der Waals surface area contributed by atoms with Crippen molar-refractivity contribution in [1.82, 2.24) is 4.57 Å². The second kappa shape index (κ2) is 11.1. The highest BCUT2D eigenvalue weighted by Gasteiger charge is 2.15. The SMILES string of the molecule is CCOC(=O)Cn1c(=NC(=O)CCCSCc2ccccc2)sc2cccc(F)c21. The van der Waals surface area contributed by atoms with Crippen molar-refractivity contribution in [1.29, 1.82) is 0 Å². The number of thiazole rings is 1. The Morgan fingerprint density at radius 3 is 2.73 bits per heavy atom. The van der Waals surface area contributed by atoms with E-state index in [2.05, 4.69) is 17.1 Å². The summed E-state index contributed by atoms with van der Waals surface area (Å²) in [4.78, 5) is 28.8. The number of ether oxygens (including phenoxy) is 1. The van der Waals surface area contributed by atoms with E-state index in [4.69, 9.17) is 4.74 Å². The molecular weight excluding hydrogens is 423 g/mol. The number of benzene rings is 2. The second-order valence-electron chi connectivity index (χ2n) is 6.51. The molecule has 0 radical (unpaired) electrons. The molecule has 1 heterocycles. The Hall–Kier alpha value is -2.45. The number of rotatable bonds is 9. The summed E-state index contributed by atoms with van der Waals surface area (Å²) < 4.78 is 21.4. The van der Waals surface area contributed by atoms with Crippen LogP contribution in [0, 0.1) is 5.82 Å². The molecule has 3 rings (SSSR count). The van der Waals surface area contributed by atoms with Gasteiger partial charge in [-0.3, -0.25) is 9.59 Å². The topological polar surface area (TPSA) is 60.7 Å². The molecule has 0 N–H and O–H groups in total. The molecule has 0 bridgehead atoms. The minimum absolute atomic E-state index is 0.187. The van der Waals surface area contributed by atoms with E-state index in [0.717, 1.165) is 11.5 Å². The maximum Gasteiger partial charge on any atom is 0.326 e. The number of carbonyl (C=O) groups excluding carboxylic acids is 2. The molecular formula is C22H23FN2O3S2. The largest absolute Gasteiger partial charge is 0.465 e. The molecule has 1 amide bonds. The first-order chi connectivity index (χ1) is 14.6. The molecule has 3 aromatic rings. The molecule has 5 nitrogen and oxygen atoms in total. The number of hydrogen-bond acceptors (Lipinski definition) is 5. The van der Waals surface area contributed by atoms with Gasteiger partial charge in [-0.15, -0.1) is 0 Å². The third kappa shape index (κ3) is 6.03. The molecule has 0 unspecified atom stereocenters. The van der Waals surface area contributed by atoms with Gasteiger partial charge in [0.05, 0.1) is 16.8 Å². The van der Waals surface area contributed by atoms with Gasteiger partial charge in [0.25, 0.3) is 0 Å². The predicted octanol–water partition coefficient (Wildman–Crippen LogP) is 4.55. The van der Waals surface area contributed by atoms with E-state index in [-0.39, 0.29) is 24.6 Å². The Bertz CT molecular complexity index is 1080. The maximum atomic E-state index is 14.4. The van der Waals surface area contributed by atoms with Crippen LogP contribution in [0.1, 0.15) is 25.3 Å². The van der Waals surface area contributed by atoms with E-state index in [1.54, 1.807) is 30.8 Å². The maximum absolute atomic E-state index is 14.4. The molecule has 0 aliphatic heterocycles. The molecule has 0 aliphatic rings. The monoisotopic (exact) mass is 446 g/mol.